The summed E-state index contributed by atoms with van der Waals surface area (Å²) < 4.78 is 15.1. The molecule has 19 heavy (non-hydrogen) atoms. The second kappa shape index (κ2) is 7.63. The molecule has 0 fully saturated rings. The molecule has 0 aliphatic carbocycles. The van der Waals surface area contributed by atoms with E-state index in [0.29, 0.717) is 17.5 Å². The summed E-state index contributed by atoms with van der Waals surface area (Å²) in [5.41, 5.74) is 1.14. The summed E-state index contributed by atoms with van der Waals surface area (Å²) in [7, 11) is 4.83. The van der Waals surface area contributed by atoms with Crippen molar-refractivity contribution in [3.8, 4) is 11.5 Å². The van der Waals surface area contributed by atoms with E-state index in [1.54, 1.807) is 13.2 Å². The number of carbonyl (C=O) groups is 1. The van der Waals surface area contributed by atoms with Gasteiger partial charge < -0.3 is 19.5 Å². The van der Waals surface area contributed by atoms with Crippen LogP contribution in [-0.2, 0) is 16.0 Å². The smallest absolute Gasteiger partial charge is 0.343 e. The predicted molar refractivity (Wildman–Crippen MR) is 72.7 cm³/mol. The van der Waals surface area contributed by atoms with Crippen LogP contribution in [0.2, 0.25) is 0 Å². The first kappa shape index (κ1) is 15.3. The number of carbonyl (C=O) groups excluding carboxylic acids is 1. The lowest BCUT2D eigenvalue weighted by molar-refractivity contribution is -0.142. The Bertz CT molecular complexity index is 420. The van der Waals surface area contributed by atoms with E-state index in [0.717, 1.165) is 12.0 Å². The molecule has 0 aliphatic heterocycles. The van der Waals surface area contributed by atoms with Gasteiger partial charge in [-0.15, -0.1) is 0 Å². The van der Waals surface area contributed by atoms with E-state index in [4.69, 9.17) is 9.47 Å². The highest BCUT2D eigenvalue weighted by Gasteiger charge is 2.09. The van der Waals surface area contributed by atoms with Gasteiger partial charge in [0.15, 0.2) is 18.1 Å². The van der Waals surface area contributed by atoms with E-state index in [1.165, 1.54) is 7.11 Å². The van der Waals surface area contributed by atoms with Crippen molar-refractivity contribution in [3.63, 3.8) is 0 Å². The lowest BCUT2D eigenvalue weighted by Gasteiger charge is -2.14. The van der Waals surface area contributed by atoms with Crippen molar-refractivity contribution in [1.82, 2.24) is 5.32 Å². The number of benzene rings is 1. The normalized spacial score (nSPS) is 11.8. The fourth-order valence-corrected chi connectivity index (χ4v) is 1.61. The average Bonchev–Trinajstić information content (AvgIpc) is 2.44. The summed E-state index contributed by atoms with van der Waals surface area (Å²) in [6, 6.07) is 6.06. The number of rotatable bonds is 7. The topological polar surface area (TPSA) is 56.8 Å². The lowest BCUT2D eigenvalue weighted by Crippen LogP contribution is -2.23. The minimum atomic E-state index is -0.421. The van der Waals surface area contributed by atoms with Crippen molar-refractivity contribution in [1.29, 1.82) is 0 Å². The molecule has 1 unspecified atom stereocenters. The van der Waals surface area contributed by atoms with E-state index in [2.05, 4.69) is 17.0 Å². The molecule has 0 saturated heterocycles. The number of hydrogen-bond donors (Lipinski definition) is 1. The van der Waals surface area contributed by atoms with Gasteiger partial charge in [0.05, 0.1) is 14.2 Å². The monoisotopic (exact) mass is 267 g/mol. The Morgan fingerprint density at radius 3 is 2.63 bits per heavy atom. The van der Waals surface area contributed by atoms with Crippen LogP contribution in [0.4, 0.5) is 0 Å². The first-order chi connectivity index (χ1) is 9.10. The van der Waals surface area contributed by atoms with Crippen LogP contribution < -0.4 is 14.8 Å². The Morgan fingerprint density at radius 1 is 1.32 bits per heavy atom. The molecule has 0 bridgehead atoms. The van der Waals surface area contributed by atoms with Crippen molar-refractivity contribution in [2.24, 2.45) is 0 Å². The van der Waals surface area contributed by atoms with Gasteiger partial charge in [-0.25, -0.2) is 4.79 Å². The number of likely N-dealkylation sites (N-methyl/N-ethyl adjacent to an activating group) is 1. The van der Waals surface area contributed by atoms with Gasteiger partial charge in [0.25, 0.3) is 0 Å². The second-order valence-electron chi connectivity index (χ2n) is 4.24. The maximum Gasteiger partial charge on any atom is 0.343 e. The molecular weight excluding hydrogens is 246 g/mol. The average molecular weight is 267 g/mol. The maximum atomic E-state index is 11.0. The van der Waals surface area contributed by atoms with Crippen LogP contribution in [-0.4, -0.2) is 39.9 Å². The third-order valence-electron chi connectivity index (χ3n) is 2.84. The zero-order valence-corrected chi connectivity index (χ0v) is 11.9. The predicted octanol–water partition coefficient (Wildman–Crippen LogP) is 1.40. The van der Waals surface area contributed by atoms with E-state index in [9.17, 15) is 4.79 Å². The Kier molecular flexibility index (Phi) is 6.15. The fraction of sp³-hybridized carbons (Fsp3) is 0.500. The summed E-state index contributed by atoms with van der Waals surface area (Å²) in [6.45, 7) is 1.98. The molecule has 0 aliphatic rings. The van der Waals surface area contributed by atoms with Gasteiger partial charge in [-0.3, -0.25) is 0 Å². The maximum absolute atomic E-state index is 11.0. The van der Waals surface area contributed by atoms with Gasteiger partial charge in [0.2, 0.25) is 0 Å². The van der Waals surface area contributed by atoms with Crippen molar-refractivity contribution in [2.75, 3.05) is 27.9 Å². The molecule has 0 heterocycles. The highest BCUT2D eigenvalue weighted by atomic mass is 16.6. The quantitative estimate of drug-likeness (QED) is 0.757. The van der Waals surface area contributed by atoms with Crippen molar-refractivity contribution in [2.45, 2.75) is 19.4 Å². The molecule has 1 rings (SSSR count). The highest BCUT2D eigenvalue weighted by Crippen LogP contribution is 2.28. The Morgan fingerprint density at radius 2 is 2.05 bits per heavy atom. The van der Waals surface area contributed by atoms with Gasteiger partial charge in [-0.05, 0) is 38.1 Å². The van der Waals surface area contributed by atoms with Crippen LogP contribution in [0, 0.1) is 0 Å². The molecule has 1 aromatic rings. The summed E-state index contributed by atoms with van der Waals surface area (Å²) in [5, 5.41) is 3.18. The number of methoxy groups -OCH3 is 2. The molecule has 0 saturated carbocycles. The minimum absolute atomic E-state index is 0.126. The summed E-state index contributed by atoms with van der Waals surface area (Å²) in [5.74, 6) is 0.730. The van der Waals surface area contributed by atoms with E-state index < -0.39 is 5.97 Å². The van der Waals surface area contributed by atoms with Gasteiger partial charge in [0, 0.05) is 6.04 Å². The molecule has 0 amide bonds. The Labute approximate surface area is 113 Å². The molecule has 0 spiro atoms. The first-order valence-electron chi connectivity index (χ1n) is 6.14. The molecule has 1 atom stereocenters. The Balaban J connectivity index is 2.75. The van der Waals surface area contributed by atoms with Crippen LogP contribution >= 0.6 is 0 Å². The SMILES string of the molecule is CNC(C)Cc1ccc(OCC(=O)OC)c(OC)c1. The van der Waals surface area contributed by atoms with Crippen LogP contribution in [0.3, 0.4) is 0 Å². The molecule has 0 radical (unpaired) electrons. The van der Waals surface area contributed by atoms with Crippen molar-refractivity contribution < 1.29 is 19.0 Å². The Hall–Kier alpha value is -1.75. The van der Waals surface area contributed by atoms with E-state index in [1.807, 2.05) is 19.2 Å². The molecule has 5 heteroatoms. The van der Waals surface area contributed by atoms with Crippen LogP contribution in [0.15, 0.2) is 18.2 Å². The number of esters is 1. The third-order valence-corrected chi connectivity index (χ3v) is 2.84. The van der Waals surface area contributed by atoms with Gasteiger partial charge in [-0.2, -0.15) is 0 Å². The molecule has 1 aromatic carbocycles. The van der Waals surface area contributed by atoms with Crippen LogP contribution in [0.1, 0.15) is 12.5 Å². The highest BCUT2D eigenvalue weighted by molar-refractivity contribution is 5.71. The van der Waals surface area contributed by atoms with Crippen LogP contribution in [0.25, 0.3) is 0 Å². The molecule has 1 N–H and O–H groups in total. The molecular formula is C14H21NO4. The van der Waals surface area contributed by atoms with Crippen LogP contribution in [0.5, 0.6) is 11.5 Å². The lowest BCUT2D eigenvalue weighted by atomic mass is 10.1. The van der Waals surface area contributed by atoms with Gasteiger partial charge in [0.1, 0.15) is 0 Å². The summed E-state index contributed by atoms with van der Waals surface area (Å²) >= 11 is 0. The molecule has 0 aromatic heterocycles. The summed E-state index contributed by atoms with van der Waals surface area (Å²) in [6.07, 6.45) is 0.893. The van der Waals surface area contributed by atoms with Crippen molar-refractivity contribution >= 4 is 5.97 Å². The second-order valence-corrected chi connectivity index (χ2v) is 4.24. The van der Waals surface area contributed by atoms with Gasteiger partial charge >= 0.3 is 5.97 Å². The fourth-order valence-electron chi connectivity index (χ4n) is 1.61. The third kappa shape index (κ3) is 4.79. The van der Waals surface area contributed by atoms with E-state index in [-0.39, 0.29) is 6.61 Å². The first-order valence-corrected chi connectivity index (χ1v) is 6.14. The zero-order valence-electron chi connectivity index (χ0n) is 11.9. The standard InChI is InChI=1S/C14H21NO4/c1-10(15-2)7-11-5-6-12(13(8-11)17-3)19-9-14(16)18-4/h5-6,8,10,15H,7,9H2,1-4H3. The van der Waals surface area contributed by atoms with E-state index >= 15 is 0 Å². The molecule has 5 nitrogen and oxygen atoms in total. The summed E-state index contributed by atoms with van der Waals surface area (Å²) in [4.78, 5) is 11.0. The zero-order chi connectivity index (χ0) is 14.3. The largest absolute Gasteiger partial charge is 0.493 e. The number of nitrogens with one attached hydrogen (secondary N) is 1. The number of ether oxygens (including phenoxy) is 3. The molecule has 106 valence electrons. The van der Waals surface area contributed by atoms with Crippen molar-refractivity contribution in [3.05, 3.63) is 23.8 Å². The van der Waals surface area contributed by atoms with Gasteiger partial charge in [-0.1, -0.05) is 6.07 Å². The number of hydrogen-bond acceptors (Lipinski definition) is 5. The minimum Gasteiger partial charge on any atom is -0.493 e.